The van der Waals surface area contributed by atoms with E-state index < -0.39 is 0 Å². The molecule has 2 aliphatic rings. The normalized spacial score (nSPS) is 19.7. The average Bonchev–Trinajstić information content (AvgIpc) is 3.27. The molecule has 4 rings (SSSR count). The van der Waals surface area contributed by atoms with Gasteiger partial charge in [0.05, 0.1) is 18.0 Å². The van der Waals surface area contributed by atoms with Crippen molar-refractivity contribution in [2.45, 2.75) is 18.9 Å². The van der Waals surface area contributed by atoms with Crippen LogP contribution in [0.25, 0.3) is 0 Å². The Balaban J connectivity index is 1.29. The number of anilines is 2. The van der Waals surface area contributed by atoms with E-state index >= 15 is 0 Å². The number of carbonyl (C=O) groups is 1. The van der Waals surface area contributed by atoms with E-state index in [1.807, 2.05) is 18.2 Å². The molecule has 0 spiro atoms. The van der Waals surface area contributed by atoms with Crippen molar-refractivity contribution in [1.82, 2.24) is 10.3 Å². The molecule has 1 unspecified atom stereocenters. The summed E-state index contributed by atoms with van der Waals surface area (Å²) < 4.78 is 18.6. The van der Waals surface area contributed by atoms with Crippen LogP contribution in [0, 0.1) is 5.82 Å². The summed E-state index contributed by atoms with van der Waals surface area (Å²) in [5.41, 5.74) is 2.47. The number of halogens is 1. The Morgan fingerprint density at radius 2 is 1.75 bits per heavy atom. The van der Waals surface area contributed by atoms with Gasteiger partial charge in [0.25, 0.3) is 5.91 Å². The van der Waals surface area contributed by atoms with Gasteiger partial charge in [0.15, 0.2) is 0 Å². The number of hydrogen-bond acceptors (Lipinski definition) is 5. The van der Waals surface area contributed by atoms with Gasteiger partial charge >= 0.3 is 0 Å². The van der Waals surface area contributed by atoms with E-state index in [9.17, 15) is 9.18 Å². The van der Waals surface area contributed by atoms with Gasteiger partial charge in [-0.05, 0) is 49.2 Å². The second-order valence-electron chi connectivity index (χ2n) is 7.20. The Morgan fingerprint density at radius 3 is 2.36 bits per heavy atom. The van der Waals surface area contributed by atoms with Crippen LogP contribution in [-0.4, -0.2) is 56.3 Å². The summed E-state index contributed by atoms with van der Waals surface area (Å²) in [6.45, 7) is 4.73. The quantitative estimate of drug-likeness (QED) is 0.858. The van der Waals surface area contributed by atoms with Crippen LogP contribution in [-0.2, 0) is 4.74 Å². The summed E-state index contributed by atoms with van der Waals surface area (Å²) in [4.78, 5) is 21.1. The fraction of sp³-hybridized carbons (Fsp3) is 0.429. The van der Waals surface area contributed by atoms with Crippen LogP contribution in [0.2, 0.25) is 0 Å². The molecule has 0 radical (unpaired) electrons. The minimum atomic E-state index is -0.214. The summed E-state index contributed by atoms with van der Waals surface area (Å²) in [5, 5.41) is 2.89. The van der Waals surface area contributed by atoms with Crippen molar-refractivity contribution >= 4 is 17.3 Å². The first-order chi connectivity index (χ1) is 13.7. The molecule has 1 amide bonds. The highest BCUT2D eigenvalue weighted by Gasteiger charge is 2.19. The zero-order valence-corrected chi connectivity index (χ0v) is 15.8. The Labute approximate surface area is 164 Å². The highest BCUT2D eigenvalue weighted by Crippen LogP contribution is 2.20. The first-order valence-corrected chi connectivity index (χ1v) is 9.80. The second-order valence-corrected chi connectivity index (χ2v) is 7.20. The van der Waals surface area contributed by atoms with E-state index in [1.54, 1.807) is 12.3 Å². The number of nitrogens with one attached hydrogen (secondary N) is 1. The summed E-state index contributed by atoms with van der Waals surface area (Å²) in [6, 6.07) is 10.3. The molecule has 28 heavy (non-hydrogen) atoms. The molecular weight excluding hydrogens is 359 g/mol. The molecule has 3 heterocycles. The molecule has 148 valence electrons. The summed E-state index contributed by atoms with van der Waals surface area (Å²) >= 11 is 0. The van der Waals surface area contributed by atoms with Crippen molar-refractivity contribution < 1.29 is 13.9 Å². The third-order valence-corrected chi connectivity index (χ3v) is 5.33. The smallest absolute Gasteiger partial charge is 0.269 e. The maximum atomic E-state index is 13.1. The molecule has 0 bridgehead atoms. The highest BCUT2D eigenvalue weighted by atomic mass is 19.1. The molecule has 0 saturated carbocycles. The van der Waals surface area contributed by atoms with Crippen molar-refractivity contribution in [3.05, 3.63) is 54.1 Å². The highest BCUT2D eigenvalue weighted by molar-refractivity contribution is 5.92. The maximum Gasteiger partial charge on any atom is 0.269 e. The van der Waals surface area contributed by atoms with Crippen molar-refractivity contribution in [2.24, 2.45) is 0 Å². The number of carbonyl (C=O) groups excluding carboxylic acids is 1. The molecule has 1 atom stereocenters. The van der Waals surface area contributed by atoms with E-state index in [-0.39, 0.29) is 17.8 Å². The lowest BCUT2D eigenvalue weighted by Crippen LogP contribution is -2.46. The number of nitrogens with zero attached hydrogens (tertiary/aromatic N) is 3. The molecular formula is C21H25FN4O2. The minimum absolute atomic E-state index is 0.126. The number of pyridine rings is 1. The number of hydrogen-bond donors (Lipinski definition) is 1. The van der Waals surface area contributed by atoms with Crippen molar-refractivity contribution in [2.75, 3.05) is 49.1 Å². The van der Waals surface area contributed by atoms with Gasteiger partial charge in [-0.25, -0.2) is 9.37 Å². The van der Waals surface area contributed by atoms with Gasteiger partial charge in [-0.2, -0.15) is 0 Å². The second kappa shape index (κ2) is 8.56. The van der Waals surface area contributed by atoms with Gasteiger partial charge in [0, 0.05) is 45.0 Å². The Kier molecular flexibility index (Phi) is 5.71. The van der Waals surface area contributed by atoms with Crippen LogP contribution in [0.4, 0.5) is 15.8 Å². The molecule has 6 nitrogen and oxygen atoms in total. The predicted octanol–water partition coefficient (Wildman–Crippen LogP) is 2.46. The van der Waals surface area contributed by atoms with Crippen molar-refractivity contribution in [1.29, 1.82) is 0 Å². The zero-order chi connectivity index (χ0) is 19.3. The van der Waals surface area contributed by atoms with Crippen LogP contribution in [0.5, 0.6) is 0 Å². The number of benzene rings is 1. The SMILES string of the molecule is O=C(NCC1CCCO1)c1ccc(N2CCN(c3ccc(F)cc3)CC2)cn1. The topological polar surface area (TPSA) is 57.7 Å². The van der Waals surface area contributed by atoms with Crippen molar-refractivity contribution in [3.8, 4) is 0 Å². The molecule has 7 heteroatoms. The maximum absolute atomic E-state index is 13.1. The monoisotopic (exact) mass is 384 g/mol. The number of amides is 1. The van der Waals surface area contributed by atoms with E-state index in [2.05, 4.69) is 20.1 Å². The van der Waals surface area contributed by atoms with Gasteiger partial charge in [0.1, 0.15) is 11.5 Å². The molecule has 1 aromatic heterocycles. The third kappa shape index (κ3) is 4.42. The Hall–Kier alpha value is -2.67. The fourth-order valence-electron chi connectivity index (χ4n) is 3.68. The van der Waals surface area contributed by atoms with Gasteiger partial charge < -0.3 is 19.9 Å². The fourth-order valence-corrected chi connectivity index (χ4v) is 3.68. The molecule has 1 N–H and O–H groups in total. The number of aromatic nitrogens is 1. The number of piperazine rings is 1. The summed E-state index contributed by atoms with van der Waals surface area (Å²) in [5.74, 6) is -0.378. The first-order valence-electron chi connectivity index (χ1n) is 9.80. The lowest BCUT2D eigenvalue weighted by atomic mass is 10.2. The molecule has 2 aromatic rings. The first kappa shape index (κ1) is 18.7. The van der Waals surface area contributed by atoms with E-state index in [4.69, 9.17) is 4.74 Å². The molecule has 1 aromatic carbocycles. The van der Waals surface area contributed by atoms with Gasteiger partial charge in [-0.1, -0.05) is 0 Å². The number of rotatable bonds is 5. The van der Waals surface area contributed by atoms with E-state index in [0.717, 1.165) is 57.0 Å². The standard InChI is InChI=1S/C21H25FN4O2/c22-16-3-5-17(6-4-16)25-9-11-26(12-10-25)18-7-8-20(23-14-18)21(27)24-15-19-2-1-13-28-19/h3-8,14,19H,1-2,9-13,15H2,(H,24,27). The summed E-state index contributed by atoms with van der Waals surface area (Å²) in [7, 11) is 0. The van der Waals surface area contributed by atoms with E-state index in [1.165, 1.54) is 12.1 Å². The minimum Gasteiger partial charge on any atom is -0.376 e. The Bertz CT molecular complexity index is 783. The number of ether oxygens (including phenoxy) is 1. The Morgan fingerprint density at radius 1 is 1.07 bits per heavy atom. The lowest BCUT2D eigenvalue weighted by molar-refractivity contribution is 0.0853. The van der Waals surface area contributed by atoms with E-state index in [0.29, 0.717) is 12.2 Å². The van der Waals surface area contributed by atoms with Crippen LogP contribution < -0.4 is 15.1 Å². The lowest BCUT2D eigenvalue weighted by Gasteiger charge is -2.37. The van der Waals surface area contributed by atoms with Crippen LogP contribution in [0.3, 0.4) is 0 Å². The van der Waals surface area contributed by atoms with Crippen LogP contribution >= 0.6 is 0 Å². The van der Waals surface area contributed by atoms with Crippen molar-refractivity contribution in [3.63, 3.8) is 0 Å². The molecule has 0 aliphatic carbocycles. The third-order valence-electron chi connectivity index (χ3n) is 5.33. The zero-order valence-electron chi connectivity index (χ0n) is 15.8. The molecule has 2 saturated heterocycles. The summed E-state index contributed by atoms with van der Waals surface area (Å²) in [6.07, 6.45) is 3.94. The largest absolute Gasteiger partial charge is 0.376 e. The average molecular weight is 384 g/mol. The molecule has 2 fully saturated rings. The van der Waals surface area contributed by atoms with Crippen LogP contribution in [0.1, 0.15) is 23.3 Å². The van der Waals surface area contributed by atoms with Gasteiger partial charge in [0.2, 0.25) is 0 Å². The van der Waals surface area contributed by atoms with Gasteiger partial charge in [-0.3, -0.25) is 4.79 Å². The van der Waals surface area contributed by atoms with Crippen LogP contribution in [0.15, 0.2) is 42.6 Å². The van der Waals surface area contributed by atoms with Gasteiger partial charge in [-0.15, -0.1) is 0 Å². The molecule has 2 aliphatic heterocycles. The predicted molar refractivity (Wildman–Crippen MR) is 106 cm³/mol.